The third kappa shape index (κ3) is 5.32. The van der Waals surface area contributed by atoms with Crippen molar-refractivity contribution in [3.05, 3.63) is 51.0 Å². The molecule has 1 amide bonds. The van der Waals surface area contributed by atoms with Gasteiger partial charge >= 0.3 is 0 Å². The van der Waals surface area contributed by atoms with Gasteiger partial charge in [-0.25, -0.2) is 4.98 Å². The van der Waals surface area contributed by atoms with E-state index in [9.17, 15) is 4.79 Å². The maximum absolute atomic E-state index is 11.9. The van der Waals surface area contributed by atoms with Crippen LogP contribution in [0.15, 0.2) is 29.3 Å². The number of carbonyl (C=O) groups excluding carboxylic acids is 1. The van der Waals surface area contributed by atoms with Crippen molar-refractivity contribution >= 4 is 23.2 Å². The van der Waals surface area contributed by atoms with E-state index in [0.29, 0.717) is 19.5 Å². The van der Waals surface area contributed by atoms with E-state index in [4.69, 9.17) is 0 Å². The Morgan fingerprint density at radius 1 is 1.25 bits per heavy atom. The highest BCUT2D eigenvalue weighted by Gasteiger charge is 2.20. The van der Waals surface area contributed by atoms with Gasteiger partial charge < -0.3 is 15.5 Å². The van der Waals surface area contributed by atoms with Gasteiger partial charge in [-0.3, -0.25) is 9.79 Å². The van der Waals surface area contributed by atoms with Crippen LogP contribution in [0.5, 0.6) is 0 Å². The van der Waals surface area contributed by atoms with E-state index in [2.05, 4.69) is 46.6 Å². The number of likely N-dealkylation sites (tertiary alicyclic amines) is 1. The summed E-state index contributed by atoms with van der Waals surface area (Å²) in [6.45, 7) is 7.17. The van der Waals surface area contributed by atoms with Crippen LogP contribution in [0.1, 0.15) is 39.5 Å². The SMILES string of the molecule is CN=C(NCCc1nc(C)c(C)s1)NCc1ccccc1CN1CCCC1=O. The number of aliphatic imine (C=N–C) groups is 1. The quantitative estimate of drug-likeness (QED) is 0.555. The van der Waals surface area contributed by atoms with Crippen LogP contribution in [0.2, 0.25) is 0 Å². The van der Waals surface area contributed by atoms with Gasteiger partial charge in [0.1, 0.15) is 0 Å². The summed E-state index contributed by atoms with van der Waals surface area (Å²) < 4.78 is 0. The molecule has 1 aliphatic rings. The molecule has 1 aliphatic heterocycles. The fraction of sp³-hybridized carbons (Fsp3) is 0.476. The van der Waals surface area contributed by atoms with Gasteiger partial charge in [-0.2, -0.15) is 0 Å². The van der Waals surface area contributed by atoms with Crippen LogP contribution in [0.4, 0.5) is 0 Å². The van der Waals surface area contributed by atoms with E-state index in [1.807, 2.05) is 17.0 Å². The molecule has 6 nitrogen and oxygen atoms in total. The van der Waals surface area contributed by atoms with Crippen molar-refractivity contribution in [1.82, 2.24) is 20.5 Å². The Kier molecular flexibility index (Phi) is 7.03. The molecule has 0 bridgehead atoms. The van der Waals surface area contributed by atoms with Crippen LogP contribution >= 0.6 is 11.3 Å². The summed E-state index contributed by atoms with van der Waals surface area (Å²) in [7, 11) is 1.78. The molecule has 2 aromatic rings. The Morgan fingerprint density at radius 2 is 2.04 bits per heavy atom. The third-order valence-electron chi connectivity index (χ3n) is 5.02. The third-order valence-corrected chi connectivity index (χ3v) is 6.16. The van der Waals surface area contributed by atoms with Gasteiger partial charge in [-0.1, -0.05) is 24.3 Å². The van der Waals surface area contributed by atoms with Crippen molar-refractivity contribution in [2.24, 2.45) is 4.99 Å². The largest absolute Gasteiger partial charge is 0.356 e. The molecule has 0 unspecified atom stereocenters. The van der Waals surface area contributed by atoms with Crippen molar-refractivity contribution in [1.29, 1.82) is 0 Å². The highest BCUT2D eigenvalue weighted by Crippen LogP contribution is 2.18. The van der Waals surface area contributed by atoms with E-state index in [0.717, 1.165) is 42.6 Å². The van der Waals surface area contributed by atoms with Gasteiger partial charge in [0.2, 0.25) is 5.91 Å². The van der Waals surface area contributed by atoms with Crippen molar-refractivity contribution in [2.45, 2.75) is 46.2 Å². The lowest BCUT2D eigenvalue weighted by atomic mass is 10.1. The number of aryl methyl sites for hydroxylation is 2. The molecule has 3 rings (SSSR count). The van der Waals surface area contributed by atoms with Gasteiger partial charge in [0.25, 0.3) is 0 Å². The van der Waals surface area contributed by atoms with Gasteiger partial charge in [0.05, 0.1) is 10.7 Å². The second-order valence-corrected chi connectivity index (χ2v) is 8.33. The maximum atomic E-state index is 11.9. The molecule has 7 heteroatoms. The molecular formula is C21H29N5OS. The van der Waals surface area contributed by atoms with Gasteiger partial charge in [-0.05, 0) is 31.4 Å². The molecule has 1 aromatic heterocycles. The Labute approximate surface area is 171 Å². The zero-order valence-corrected chi connectivity index (χ0v) is 17.7. The number of nitrogens with one attached hydrogen (secondary N) is 2. The summed E-state index contributed by atoms with van der Waals surface area (Å²) in [6.07, 6.45) is 2.52. The molecule has 150 valence electrons. The average molecular weight is 400 g/mol. The molecule has 0 aliphatic carbocycles. The van der Waals surface area contributed by atoms with Crippen molar-refractivity contribution in [3.63, 3.8) is 0 Å². The minimum Gasteiger partial charge on any atom is -0.356 e. The number of aromatic nitrogens is 1. The standard InChI is InChI=1S/C21H29N5OS/c1-15-16(2)28-19(25-15)10-11-23-21(22-3)24-13-17-7-4-5-8-18(17)14-26-12-6-9-20(26)27/h4-5,7-8H,6,9-14H2,1-3H3,(H2,22,23,24). The topological polar surface area (TPSA) is 69.6 Å². The number of carbonyl (C=O) groups is 1. The number of nitrogens with zero attached hydrogens (tertiary/aromatic N) is 3. The number of rotatable bonds is 7. The number of hydrogen-bond donors (Lipinski definition) is 2. The summed E-state index contributed by atoms with van der Waals surface area (Å²) in [6, 6.07) is 8.28. The Hall–Kier alpha value is -2.41. The van der Waals surface area contributed by atoms with Crippen molar-refractivity contribution in [2.75, 3.05) is 20.1 Å². The lowest BCUT2D eigenvalue weighted by Gasteiger charge is -2.19. The van der Waals surface area contributed by atoms with Crippen LogP contribution in [-0.4, -0.2) is 41.9 Å². The first kappa shape index (κ1) is 20.3. The first-order valence-electron chi connectivity index (χ1n) is 9.79. The zero-order chi connectivity index (χ0) is 19.9. The second kappa shape index (κ2) is 9.68. The smallest absolute Gasteiger partial charge is 0.222 e. The van der Waals surface area contributed by atoms with E-state index < -0.39 is 0 Å². The van der Waals surface area contributed by atoms with E-state index >= 15 is 0 Å². The minimum atomic E-state index is 0.257. The lowest BCUT2D eigenvalue weighted by Crippen LogP contribution is -2.38. The van der Waals surface area contributed by atoms with Crippen LogP contribution in [0.3, 0.4) is 0 Å². The van der Waals surface area contributed by atoms with Gasteiger partial charge in [0, 0.05) is 50.9 Å². The van der Waals surface area contributed by atoms with Crippen molar-refractivity contribution < 1.29 is 4.79 Å². The van der Waals surface area contributed by atoms with Crippen molar-refractivity contribution in [3.8, 4) is 0 Å². The Bertz CT molecular complexity index is 826. The number of amides is 1. The predicted octanol–water partition coefficient (Wildman–Crippen LogP) is 2.79. The van der Waals surface area contributed by atoms with Crippen LogP contribution in [0.25, 0.3) is 0 Å². The highest BCUT2D eigenvalue weighted by atomic mass is 32.1. The summed E-state index contributed by atoms with van der Waals surface area (Å²) in [5.41, 5.74) is 3.50. The summed E-state index contributed by atoms with van der Waals surface area (Å²) in [5, 5.41) is 7.89. The first-order valence-corrected chi connectivity index (χ1v) is 10.6. The first-order chi connectivity index (χ1) is 13.6. The normalized spacial score (nSPS) is 14.6. The Morgan fingerprint density at radius 3 is 2.68 bits per heavy atom. The summed E-state index contributed by atoms with van der Waals surface area (Å²) in [4.78, 5) is 24.1. The summed E-state index contributed by atoms with van der Waals surface area (Å²) in [5.74, 6) is 1.03. The van der Waals surface area contributed by atoms with E-state index in [-0.39, 0.29) is 5.91 Å². The molecule has 2 heterocycles. The minimum absolute atomic E-state index is 0.257. The van der Waals surface area contributed by atoms with Gasteiger partial charge in [0.15, 0.2) is 5.96 Å². The maximum Gasteiger partial charge on any atom is 0.222 e. The number of thiazole rings is 1. The molecule has 1 saturated heterocycles. The van der Waals surface area contributed by atoms with Crippen LogP contribution in [-0.2, 0) is 24.3 Å². The molecule has 0 radical (unpaired) electrons. The van der Waals surface area contributed by atoms with Gasteiger partial charge in [-0.15, -0.1) is 11.3 Å². The highest BCUT2D eigenvalue weighted by molar-refractivity contribution is 7.11. The zero-order valence-electron chi connectivity index (χ0n) is 16.9. The van der Waals surface area contributed by atoms with E-state index in [1.165, 1.54) is 16.0 Å². The predicted molar refractivity (Wildman–Crippen MR) is 115 cm³/mol. The summed E-state index contributed by atoms with van der Waals surface area (Å²) >= 11 is 1.76. The molecule has 1 aromatic carbocycles. The molecule has 28 heavy (non-hydrogen) atoms. The molecule has 0 atom stereocenters. The van der Waals surface area contributed by atoms with E-state index in [1.54, 1.807) is 18.4 Å². The fourth-order valence-corrected chi connectivity index (χ4v) is 4.23. The molecule has 1 fully saturated rings. The molecule has 0 spiro atoms. The Balaban J connectivity index is 1.51. The monoisotopic (exact) mass is 399 g/mol. The molecular weight excluding hydrogens is 370 g/mol. The number of guanidine groups is 1. The number of hydrogen-bond acceptors (Lipinski definition) is 4. The average Bonchev–Trinajstić information content (AvgIpc) is 3.24. The lowest BCUT2D eigenvalue weighted by molar-refractivity contribution is -0.128. The number of benzene rings is 1. The molecule has 2 N–H and O–H groups in total. The van der Waals surface area contributed by atoms with Crippen LogP contribution < -0.4 is 10.6 Å². The molecule has 0 saturated carbocycles. The van der Waals surface area contributed by atoms with Crippen LogP contribution in [0, 0.1) is 13.8 Å². The fourth-order valence-electron chi connectivity index (χ4n) is 3.29. The second-order valence-electron chi connectivity index (χ2n) is 7.04.